The Morgan fingerprint density at radius 1 is 1.45 bits per heavy atom. The predicted molar refractivity (Wildman–Crippen MR) is 73.8 cm³/mol. The minimum absolute atomic E-state index is 0.333. The molecule has 20 heavy (non-hydrogen) atoms. The molecule has 1 aromatic carbocycles. The van der Waals surface area contributed by atoms with Crippen LogP contribution in [0.25, 0.3) is 11.0 Å². The van der Waals surface area contributed by atoms with E-state index < -0.39 is 11.7 Å². The molecule has 1 amide bonds. The van der Waals surface area contributed by atoms with Crippen LogP contribution in [0.15, 0.2) is 18.2 Å². The zero-order chi connectivity index (χ0) is 14.9. The van der Waals surface area contributed by atoms with Gasteiger partial charge in [-0.25, -0.2) is 14.2 Å². The van der Waals surface area contributed by atoms with E-state index in [4.69, 9.17) is 4.74 Å². The van der Waals surface area contributed by atoms with Crippen LogP contribution in [0.5, 0.6) is 0 Å². The van der Waals surface area contributed by atoms with Crippen molar-refractivity contribution in [2.24, 2.45) is 0 Å². The summed E-state index contributed by atoms with van der Waals surface area (Å²) >= 11 is 0. The average Bonchev–Trinajstić information content (AvgIpc) is 2.68. The molecule has 0 bridgehead atoms. The monoisotopic (exact) mass is 279 g/mol. The van der Waals surface area contributed by atoms with Gasteiger partial charge < -0.3 is 15.0 Å². The second-order valence-electron chi connectivity index (χ2n) is 5.65. The third-order valence-corrected chi connectivity index (χ3v) is 2.61. The van der Waals surface area contributed by atoms with Gasteiger partial charge in [0.15, 0.2) is 0 Å². The van der Waals surface area contributed by atoms with E-state index in [2.05, 4.69) is 15.3 Å². The van der Waals surface area contributed by atoms with Crippen LogP contribution in [0.1, 0.15) is 39.6 Å². The molecule has 0 spiro atoms. The maximum Gasteiger partial charge on any atom is 0.408 e. The van der Waals surface area contributed by atoms with E-state index in [1.807, 2.05) is 0 Å². The van der Waals surface area contributed by atoms with Crippen LogP contribution in [0.3, 0.4) is 0 Å². The highest BCUT2D eigenvalue weighted by atomic mass is 19.1. The number of carbonyl (C=O) groups excluding carboxylic acids is 1. The van der Waals surface area contributed by atoms with Gasteiger partial charge in [-0.2, -0.15) is 0 Å². The lowest BCUT2D eigenvalue weighted by Crippen LogP contribution is -2.34. The number of ether oxygens (including phenoxy) is 1. The van der Waals surface area contributed by atoms with Gasteiger partial charge >= 0.3 is 6.09 Å². The Labute approximate surface area is 116 Å². The molecule has 1 aromatic heterocycles. The Balaban J connectivity index is 2.11. The molecule has 1 heterocycles. The van der Waals surface area contributed by atoms with Crippen LogP contribution >= 0.6 is 0 Å². The zero-order valence-electron chi connectivity index (χ0n) is 12.0. The molecule has 0 aliphatic carbocycles. The summed E-state index contributed by atoms with van der Waals surface area (Å²) in [5, 5.41) is 2.68. The molecule has 0 radical (unpaired) electrons. The van der Waals surface area contributed by atoms with Crippen LogP contribution in [-0.2, 0) is 4.74 Å². The molecule has 0 saturated heterocycles. The Hall–Kier alpha value is -2.11. The number of halogens is 1. The van der Waals surface area contributed by atoms with Crippen molar-refractivity contribution in [2.45, 2.75) is 39.3 Å². The molecule has 1 atom stereocenters. The van der Waals surface area contributed by atoms with Gasteiger partial charge in [-0.3, -0.25) is 0 Å². The highest BCUT2D eigenvalue weighted by molar-refractivity contribution is 5.75. The van der Waals surface area contributed by atoms with Crippen molar-refractivity contribution in [1.29, 1.82) is 0 Å². The summed E-state index contributed by atoms with van der Waals surface area (Å²) in [5.74, 6) is 0.219. The summed E-state index contributed by atoms with van der Waals surface area (Å²) in [7, 11) is 0. The molecule has 2 N–H and O–H groups in total. The van der Waals surface area contributed by atoms with E-state index in [1.165, 1.54) is 12.1 Å². The lowest BCUT2D eigenvalue weighted by atomic mass is 10.2. The predicted octanol–water partition coefficient (Wildman–Crippen LogP) is 3.29. The number of hydrogen-bond donors (Lipinski definition) is 2. The summed E-state index contributed by atoms with van der Waals surface area (Å²) in [5.41, 5.74) is 0.693. The Bertz CT molecular complexity index is 631. The summed E-state index contributed by atoms with van der Waals surface area (Å²) in [4.78, 5) is 19.0. The molecule has 108 valence electrons. The quantitative estimate of drug-likeness (QED) is 0.886. The van der Waals surface area contributed by atoms with Gasteiger partial charge in [-0.05, 0) is 45.9 Å². The molecule has 2 aromatic rings. The fourth-order valence-electron chi connectivity index (χ4n) is 1.76. The van der Waals surface area contributed by atoms with Gasteiger partial charge in [-0.1, -0.05) is 0 Å². The molecule has 0 aliphatic heterocycles. The van der Waals surface area contributed by atoms with E-state index in [9.17, 15) is 9.18 Å². The van der Waals surface area contributed by atoms with E-state index in [-0.39, 0.29) is 11.9 Å². The first-order valence-corrected chi connectivity index (χ1v) is 6.39. The number of alkyl carbamates (subject to hydrolysis) is 1. The number of imidazole rings is 1. The lowest BCUT2D eigenvalue weighted by molar-refractivity contribution is 0.0506. The number of amides is 1. The van der Waals surface area contributed by atoms with Crippen molar-refractivity contribution in [2.75, 3.05) is 0 Å². The number of rotatable bonds is 2. The van der Waals surface area contributed by atoms with Crippen molar-refractivity contribution in [3.63, 3.8) is 0 Å². The van der Waals surface area contributed by atoms with E-state index in [0.29, 0.717) is 16.9 Å². The number of aromatic amines is 1. The topological polar surface area (TPSA) is 67.0 Å². The fraction of sp³-hybridized carbons (Fsp3) is 0.429. The number of nitrogens with zero attached hydrogens (tertiary/aromatic N) is 1. The minimum Gasteiger partial charge on any atom is -0.444 e. The Kier molecular flexibility index (Phi) is 3.65. The third-order valence-electron chi connectivity index (χ3n) is 2.61. The van der Waals surface area contributed by atoms with Gasteiger partial charge in [0.2, 0.25) is 0 Å². The van der Waals surface area contributed by atoms with Crippen LogP contribution in [0, 0.1) is 5.82 Å². The van der Waals surface area contributed by atoms with Gasteiger partial charge in [0.1, 0.15) is 17.2 Å². The van der Waals surface area contributed by atoms with Crippen molar-refractivity contribution in [3.05, 3.63) is 29.8 Å². The summed E-state index contributed by atoms with van der Waals surface area (Å²) < 4.78 is 18.3. The standard InChI is InChI=1S/C14H18FN3O2/c1-8(16-13(19)20-14(2,3)4)12-17-10-6-5-9(15)7-11(10)18-12/h5-8H,1-4H3,(H,16,19)(H,17,18). The molecule has 5 nitrogen and oxygen atoms in total. The van der Waals surface area contributed by atoms with Gasteiger partial charge in [0, 0.05) is 0 Å². The second kappa shape index (κ2) is 5.11. The average molecular weight is 279 g/mol. The fourth-order valence-corrected chi connectivity index (χ4v) is 1.76. The van der Waals surface area contributed by atoms with E-state index >= 15 is 0 Å². The molecule has 0 fully saturated rings. The van der Waals surface area contributed by atoms with Gasteiger partial charge in [-0.15, -0.1) is 0 Å². The largest absolute Gasteiger partial charge is 0.444 e. The molecule has 2 rings (SSSR count). The number of H-pyrrole nitrogens is 1. The molecule has 1 unspecified atom stereocenters. The first-order chi connectivity index (χ1) is 9.24. The molecular formula is C14H18FN3O2. The maximum absolute atomic E-state index is 13.1. The van der Waals surface area contributed by atoms with E-state index in [1.54, 1.807) is 33.8 Å². The number of benzene rings is 1. The second-order valence-corrected chi connectivity index (χ2v) is 5.65. The van der Waals surface area contributed by atoms with Crippen LogP contribution < -0.4 is 5.32 Å². The van der Waals surface area contributed by atoms with Crippen LogP contribution in [-0.4, -0.2) is 21.7 Å². The number of hydrogen-bond acceptors (Lipinski definition) is 3. The van der Waals surface area contributed by atoms with Crippen molar-refractivity contribution in [3.8, 4) is 0 Å². The summed E-state index contributed by atoms with van der Waals surface area (Å²) in [6.45, 7) is 7.15. The van der Waals surface area contributed by atoms with Crippen LogP contribution in [0.2, 0.25) is 0 Å². The molecular weight excluding hydrogens is 261 g/mol. The summed E-state index contributed by atoms with van der Waals surface area (Å²) in [6.07, 6.45) is -0.517. The van der Waals surface area contributed by atoms with Gasteiger partial charge in [0.25, 0.3) is 0 Å². The molecule has 6 heteroatoms. The molecule has 0 saturated carbocycles. The summed E-state index contributed by atoms with van der Waals surface area (Å²) in [6, 6.07) is 3.94. The number of carbonyl (C=O) groups is 1. The van der Waals surface area contributed by atoms with Gasteiger partial charge in [0.05, 0.1) is 17.1 Å². The molecule has 0 aliphatic rings. The smallest absolute Gasteiger partial charge is 0.408 e. The normalized spacial score (nSPS) is 13.2. The first-order valence-electron chi connectivity index (χ1n) is 6.39. The van der Waals surface area contributed by atoms with Crippen molar-refractivity contribution >= 4 is 17.1 Å². The van der Waals surface area contributed by atoms with Crippen molar-refractivity contribution in [1.82, 2.24) is 15.3 Å². The number of nitrogens with one attached hydrogen (secondary N) is 2. The van der Waals surface area contributed by atoms with Crippen molar-refractivity contribution < 1.29 is 13.9 Å². The highest BCUT2D eigenvalue weighted by Crippen LogP contribution is 2.17. The van der Waals surface area contributed by atoms with Crippen LogP contribution in [0.4, 0.5) is 9.18 Å². The zero-order valence-corrected chi connectivity index (χ0v) is 12.0. The number of aromatic nitrogens is 2. The Morgan fingerprint density at radius 2 is 2.15 bits per heavy atom. The van der Waals surface area contributed by atoms with E-state index in [0.717, 1.165) is 0 Å². The minimum atomic E-state index is -0.555. The number of fused-ring (bicyclic) bond motifs is 1. The first kappa shape index (κ1) is 14.3. The maximum atomic E-state index is 13.1. The highest BCUT2D eigenvalue weighted by Gasteiger charge is 2.19. The third kappa shape index (κ3) is 3.46. The SMILES string of the molecule is CC(NC(=O)OC(C)(C)C)c1nc2ccc(F)cc2[nH]1. The Morgan fingerprint density at radius 3 is 2.80 bits per heavy atom. The lowest BCUT2D eigenvalue weighted by Gasteiger charge is -2.21.